The Morgan fingerprint density at radius 3 is 2.59 bits per heavy atom. The number of methoxy groups -OCH3 is 1. The minimum Gasteiger partial charge on any atom is -0.435 e. The highest BCUT2D eigenvalue weighted by Gasteiger charge is 2.23. The van der Waals surface area contributed by atoms with Crippen molar-refractivity contribution in [2.45, 2.75) is 26.5 Å². The second-order valence-electron chi connectivity index (χ2n) is 7.83. The van der Waals surface area contributed by atoms with Crippen LogP contribution < -0.4 is 4.74 Å². The molecule has 184 valence electrons. The van der Waals surface area contributed by atoms with E-state index in [1.165, 1.54) is 6.07 Å². The van der Waals surface area contributed by atoms with Crippen LogP contribution in [0.2, 0.25) is 0 Å². The van der Waals surface area contributed by atoms with E-state index in [1.807, 2.05) is 49.1 Å². The fourth-order valence-electron chi connectivity index (χ4n) is 3.52. The lowest BCUT2D eigenvalue weighted by Gasteiger charge is -2.25. The molecule has 0 amide bonds. The number of aliphatic hydroxyl groups is 1. The summed E-state index contributed by atoms with van der Waals surface area (Å²) in [5, 5.41) is 15.0. The van der Waals surface area contributed by atoms with Crippen LogP contribution in [0.3, 0.4) is 0 Å². The van der Waals surface area contributed by atoms with Gasteiger partial charge in [0.1, 0.15) is 5.82 Å². The minimum atomic E-state index is -0.812. The van der Waals surface area contributed by atoms with Gasteiger partial charge in [0.05, 0.1) is 36.3 Å². The molecule has 0 aliphatic heterocycles. The van der Waals surface area contributed by atoms with E-state index in [2.05, 4.69) is 5.10 Å². The number of aromatic nitrogens is 2. The lowest BCUT2D eigenvalue weighted by atomic mass is 10.2. The summed E-state index contributed by atoms with van der Waals surface area (Å²) in [7, 11) is 1.61. The van der Waals surface area contributed by atoms with Crippen molar-refractivity contribution in [3.63, 3.8) is 0 Å². The number of para-hydroxylation sites is 1. The first-order valence-electron chi connectivity index (χ1n) is 11.2. The molecule has 0 saturated carbocycles. The molecule has 1 heterocycles. The molecule has 7 nitrogen and oxygen atoms in total. The molecule has 0 saturated heterocycles. The first-order valence-corrected chi connectivity index (χ1v) is 11.2. The fourth-order valence-corrected chi connectivity index (χ4v) is 3.52. The SMILES string of the molecule is CCOC[C@H](O)CN(CCOC)Cc1c(C)nn(-c2ccccc2)c1Oc1ccc(F)cc1F. The molecular formula is C25H31F2N3O4. The van der Waals surface area contributed by atoms with Gasteiger partial charge in [0, 0.05) is 39.4 Å². The van der Waals surface area contributed by atoms with Gasteiger partial charge in [-0.05, 0) is 38.1 Å². The molecule has 3 aromatic rings. The first kappa shape index (κ1) is 25.8. The Morgan fingerprint density at radius 2 is 1.91 bits per heavy atom. The van der Waals surface area contributed by atoms with Crippen LogP contribution in [-0.4, -0.2) is 65.9 Å². The molecule has 3 rings (SSSR count). The van der Waals surface area contributed by atoms with Gasteiger partial charge >= 0.3 is 0 Å². The predicted molar refractivity (Wildman–Crippen MR) is 124 cm³/mol. The molecule has 0 bridgehead atoms. The Bertz CT molecular complexity index is 1050. The van der Waals surface area contributed by atoms with Gasteiger partial charge in [-0.15, -0.1) is 0 Å². The topological polar surface area (TPSA) is 69.0 Å². The van der Waals surface area contributed by atoms with E-state index >= 15 is 0 Å². The van der Waals surface area contributed by atoms with Crippen LogP contribution in [-0.2, 0) is 16.0 Å². The Hall–Kier alpha value is -2.85. The summed E-state index contributed by atoms with van der Waals surface area (Å²) < 4.78 is 46.1. The van der Waals surface area contributed by atoms with Gasteiger partial charge in [0.15, 0.2) is 11.6 Å². The Kier molecular flexibility index (Phi) is 9.52. The number of ether oxygens (including phenoxy) is 3. The number of aryl methyl sites for hydroxylation is 1. The highest BCUT2D eigenvalue weighted by atomic mass is 19.1. The molecule has 0 fully saturated rings. The average Bonchev–Trinajstić information content (AvgIpc) is 3.13. The number of nitrogens with zero attached hydrogens (tertiary/aromatic N) is 3. The maximum Gasteiger partial charge on any atom is 0.227 e. The number of rotatable bonds is 13. The normalized spacial score (nSPS) is 12.3. The van der Waals surface area contributed by atoms with Crippen molar-refractivity contribution in [2.24, 2.45) is 0 Å². The summed E-state index contributed by atoms with van der Waals surface area (Å²) in [5.74, 6) is -1.30. The van der Waals surface area contributed by atoms with Crippen molar-refractivity contribution in [3.05, 3.63) is 71.4 Å². The maximum absolute atomic E-state index is 14.5. The van der Waals surface area contributed by atoms with Crippen LogP contribution >= 0.6 is 0 Å². The van der Waals surface area contributed by atoms with E-state index in [0.29, 0.717) is 50.0 Å². The second-order valence-corrected chi connectivity index (χ2v) is 7.83. The van der Waals surface area contributed by atoms with Crippen molar-refractivity contribution >= 4 is 0 Å². The second kappa shape index (κ2) is 12.6. The number of hydrogen-bond acceptors (Lipinski definition) is 6. The third-order valence-corrected chi connectivity index (χ3v) is 5.22. The quantitative estimate of drug-likeness (QED) is 0.402. The lowest BCUT2D eigenvalue weighted by molar-refractivity contribution is 0.0147. The largest absolute Gasteiger partial charge is 0.435 e. The average molecular weight is 476 g/mol. The van der Waals surface area contributed by atoms with Gasteiger partial charge in [-0.3, -0.25) is 4.90 Å². The van der Waals surface area contributed by atoms with E-state index in [4.69, 9.17) is 14.2 Å². The number of halogens is 2. The van der Waals surface area contributed by atoms with Crippen molar-refractivity contribution in [3.8, 4) is 17.3 Å². The lowest BCUT2D eigenvalue weighted by Crippen LogP contribution is -2.36. The molecule has 0 spiro atoms. The summed E-state index contributed by atoms with van der Waals surface area (Å²) in [6, 6.07) is 12.5. The van der Waals surface area contributed by atoms with Crippen molar-refractivity contribution in [1.29, 1.82) is 0 Å². The first-order chi connectivity index (χ1) is 16.4. The zero-order chi connectivity index (χ0) is 24.5. The third kappa shape index (κ3) is 6.83. The Balaban J connectivity index is 1.98. The molecule has 0 aliphatic carbocycles. The molecule has 0 aliphatic rings. The third-order valence-electron chi connectivity index (χ3n) is 5.22. The zero-order valence-electron chi connectivity index (χ0n) is 19.7. The highest BCUT2D eigenvalue weighted by molar-refractivity contribution is 5.43. The predicted octanol–water partition coefficient (Wildman–Crippen LogP) is 4.10. The summed E-state index contributed by atoms with van der Waals surface area (Å²) in [4.78, 5) is 2.00. The molecule has 2 aromatic carbocycles. The van der Waals surface area contributed by atoms with E-state index in [0.717, 1.165) is 17.8 Å². The van der Waals surface area contributed by atoms with Crippen LogP contribution in [0.25, 0.3) is 5.69 Å². The van der Waals surface area contributed by atoms with Crippen molar-refractivity contribution < 1.29 is 28.1 Å². The van der Waals surface area contributed by atoms with Gasteiger partial charge < -0.3 is 19.3 Å². The van der Waals surface area contributed by atoms with E-state index in [-0.39, 0.29) is 12.4 Å². The van der Waals surface area contributed by atoms with Crippen LogP contribution in [0.15, 0.2) is 48.5 Å². The Labute approximate surface area is 198 Å². The molecule has 1 atom stereocenters. The number of aliphatic hydroxyl groups excluding tert-OH is 1. The summed E-state index contributed by atoms with van der Waals surface area (Å²) >= 11 is 0. The number of benzene rings is 2. The highest BCUT2D eigenvalue weighted by Crippen LogP contribution is 2.33. The monoisotopic (exact) mass is 475 g/mol. The summed E-state index contributed by atoms with van der Waals surface area (Å²) in [5.41, 5.74) is 2.13. The fraction of sp³-hybridized carbons (Fsp3) is 0.400. The van der Waals surface area contributed by atoms with Gasteiger partial charge in [0.25, 0.3) is 0 Å². The van der Waals surface area contributed by atoms with E-state index in [9.17, 15) is 13.9 Å². The standard InChI is InChI=1S/C25H31F2N3O4/c1-4-33-17-21(31)15-29(12-13-32-3)16-22-18(2)28-30(20-8-6-5-7-9-20)25(22)34-24-11-10-19(26)14-23(24)27/h5-11,14,21,31H,4,12-13,15-17H2,1-3H3/t21-/m1/s1. The van der Waals surface area contributed by atoms with E-state index in [1.54, 1.807) is 11.8 Å². The molecular weight excluding hydrogens is 444 g/mol. The summed E-state index contributed by atoms with van der Waals surface area (Å²) in [6.07, 6.45) is -0.694. The van der Waals surface area contributed by atoms with Crippen LogP contribution in [0.5, 0.6) is 11.6 Å². The van der Waals surface area contributed by atoms with Gasteiger partial charge in [-0.2, -0.15) is 5.10 Å². The molecule has 1 N–H and O–H groups in total. The smallest absolute Gasteiger partial charge is 0.227 e. The minimum absolute atomic E-state index is 0.112. The molecule has 9 heteroatoms. The molecule has 34 heavy (non-hydrogen) atoms. The van der Waals surface area contributed by atoms with Crippen LogP contribution in [0.4, 0.5) is 8.78 Å². The van der Waals surface area contributed by atoms with Crippen molar-refractivity contribution in [2.75, 3.05) is 40.0 Å². The van der Waals surface area contributed by atoms with Crippen LogP contribution in [0, 0.1) is 18.6 Å². The molecule has 0 unspecified atom stereocenters. The summed E-state index contributed by atoms with van der Waals surface area (Å²) in [6.45, 7) is 6.14. The van der Waals surface area contributed by atoms with Gasteiger partial charge in [-0.1, -0.05) is 18.2 Å². The molecule has 0 radical (unpaired) electrons. The van der Waals surface area contributed by atoms with Gasteiger partial charge in [0.2, 0.25) is 5.88 Å². The van der Waals surface area contributed by atoms with Crippen molar-refractivity contribution in [1.82, 2.24) is 14.7 Å². The van der Waals surface area contributed by atoms with E-state index < -0.39 is 17.7 Å². The van der Waals surface area contributed by atoms with Gasteiger partial charge in [-0.25, -0.2) is 13.5 Å². The molecule has 1 aromatic heterocycles. The number of hydrogen-bond donors (Lipinski definition) is 1. The Morgan fingerprint density at radius 1 is 1.15 bits per heavy atom. The maximum atomic E-state index is 14.5. The zero-order valence-corrected chi connectivity index (χ0v) is 19.7. The van der Waals surface area contributed by atoms with Crippen LogP contribution in [0.1, 0.15) is 18.2 Å².